The Hall–Kier alpha value is -11.8. The molecule has 6 aromatic rings. The van der Waals surface area contributed by atoms with Gasteiger partial charge in [-0.15, -0.1) is 0 Å². The zero-order chi connectivity index (χ0) is 83.7. The summed E-state index contributed by atoms with van der Waals surface area (Å²) < 4.78 is 0. The number of aliphatic hydroxyl groups is 2. The summed E-state index contributed by atoms with van der Waals surface area (Å²) in [5.41, 5.74) is 16.0. The predicted molar refractivity (Wildman–Crippen MR) is 419 cm³/mol. The van der Waals surface area contributed by atoms with Gasteiger partial charge in [0.25, 0.3) is 0 Å². The lowest BCUT2D eigenvalue weighted by atomic mass is 9.99. The molecule has 13 amide bonds. The molecule has 21 N–H and O–H groups in total. The average Bonchev–Trinajstić information content (AvgIpc) is 1.73. The number of hydrogen-bond acceptors (Lipinski definition) is 19. The molecule has 2 aliphatic rings. The summed E-state index contributed by atoms with van der Waals surface area (Å²) in [5, 5.41) is 68.6. The number of phenolic OH excluding ortho intramolecular Hbond substituents is 1. The highest BCUT2D eigenvalue weighted by Gasteiger charge is 2.43. The van der Waals surface area contributed by atoms with Gasteiger partial charge in [0.1, 0.15) is 78.3 Å². The third kappa shape index (κ3) is 25.1. The number of aliphatic hydroxyl groups excluding tert-OH is 2. The van der Waals surface area contributed by atoms with Gasteiger partial charge in [-0.05, 0) is 118 Å². The number of hydrogen-bond donors (Lipinski definition) is 19. The highest BCUT2D eigenvalue weighted by atomic mass is 16.4. The second kappa shape index (κ2) is 42.4. The molecule has 0 aliphatic carbocycles. The Morgan fingerprint density at radius 3 is 1.44 bits per heavy atom. The van der Waals surface area contributed by atoms with Crippen LogP contribution in [0.3, 0.4) is 0 Å². The van der Waals surface area contributed by atoms with E-state index in [1.807, 2.05) is 49.4 Å². The number of H-pyrrole nitrogens is 3. The molecule has 13 atom stereocenters. The lowest BCUT2D eigenvalue weighted by molar-refractivity contribution is -0.144. The Balaban J connectivity index is 0.896. The summed E-state index contributed by atoms with van der Waals surface area (Å²) >= 11 is 0. The Kier molecular flexibility index (Phi) is 32.7. The lowest BCUT2D eigenvalue weighted by Crippen LogP contribution is -2.61. The molecule has 2 fully saturated rings. The van der Waals surface area contributed by atoms with Crippen molar-refractivity contribution >= 4 is 105 Å². The van der Waals surface area contributed by atoms with Crippen molar-refractivity contribution < 1.29 is 87.5 Å². The van der Waals surface area contributed by atoms with Crippen molar-refractivity contribution in [2.75, 3.05) is 26.3 Å². The minimum absolute atomic E-state index is 0.0159. The molecule has 2 aliphatic heterocycles. The first-order valence-electron chi connectivity index (χ1n) is 38.8. The minimum Gasteiger partial charge on any atom is -0.508 e. The Bertz CT molecular complexity index is 4390. The van der Waals surface area contributed by atoms with Gasteiger partial charge in [0.2, 0.25) is 76.8 Å². The summed E-state index contributed by atoms with van der Waals surface area (Å²) in [5.74, 6) is -13.2. The van der Waals surface area contributed by atoms with E-state index in [2.05, 4.69) is 73.1 Å². The van der Waals surface area contributed by atoms with Crippen molar-refractivity contribution in [1.29, 1.82) is 0 Å². The van der Waals surface area contributed by atoms with Crippen LogP contribution in [-0.2, 0) is 92.8 Å². The molecule has 36 heteroatoms. The number of unbranched alkanes of at least 4 members (excludes halogenated alkanes) is 1. The van der Waals surface area contributed by atoms with Crippen molar-refractivity contribution in [2.24, 2.45) is 23.3 Å². The van der Waals surface area contributed by atoms with Crippen molar-refractivity contribution in [3.63, 3.8) is 0 Å². The zero-order valence-corrected chi connectivity index (χ0v) is 65.3. The molecule has 0 unspecified atom stereocenters. The van der Waals surface area contributed by atoms with Crippen LogP contribution in [0.25, 0.3) is 21.8 Å². The van der Waals surface area contributed by atoms with Gasteiger partial charge in [-0.3, -0.25) is 62.3 Å². The number of nitrogens with two attached hydrogens (primary N) is 2. The molecule has 0 bridgehead atoms. The van der Waals surface area contributed by atoms with Gasteiger partial charge in [-0.2, -0.15) is 0 Å². The molecular formula is C79H108N18O18. The molecule has 0 radical (unpaired) electrons. The van der Waals surface area contributed by atoms with Crippen molar-refractivity contribution in [3.05, 3.63) is 120 Å². The molecule has 3 aromatic carbocycles. The largest absolute Gasteiger partial charge is 0.508 e. The summed E-state index contributed by atoms with van der Waals surface area (Å²) in [6.45, 7) is 8.13. The standard InChI is InChI=1S/C79H108N18O18/c1-7-8-17-55(69(104)93-61(79(114)115)32-45-22-24-49(100)25-23-45)88-76(111)65-21-14-29-97(65)77(112)62(39-98)94-67(102)44(6)86-75(110)64-20-13-28-96(64)78(113)63(40-99)95-72(107)58(31-43(4)5)90-70(105)56(26-27-66(81)101)87-71(106)57(30-42(2)3)91-73(108)59(34-47-37-84-54-19-12-10-16-51(47)54)92-74(109)60(35-48-38-82-41-85-48)89-68(103)52(80)33-46-36-83-53-18-11-9-15-50(46)53/h9-12,15-16,18-19,22-25,36-38,41-44,52,55-65,83-84,98-100H,7-8,13-14,17,20-21,26-35,39-40,80H2,1-6H3,(H2,81,101)(H,82,85)(H,86,110)(H,87,106)(H,88,111)(H,89,103)(H,90,105)(H,91,108)(H,92,109)(H,93,104)(H,94,102)(H,95,107)(H,114,115)/t44-,52-,55-,56-,57-,58-,59-,60-,61-,62-,63-,64-,65-/m0/s1. The van der Waals surface area contributed by atoms with Crippen molar-refractivity contribution in [3.8, 4) is 5.75 Å². The molecule has 622 valence electrons. The maximum Gasteiger partial charge on any atom is 0.326 e. The summed E-state index contributed by atoms with van der Waals surface area (Å²) in [7, 11) is 0. The number of amides is 13. The summed E-state index contributed by atoms with van der Waals surface area (Å²) in [4.78, 5) is 212. The number of fused-ring (bicyclic) bond motifs is 2. The first-order valence-corrected chi connectivity index (χ1v) is 38.8. The van der Waals surface area contributed by atoms with Crippen molar-refractivity contribution in [2.45, 2.75) is 216 Å². The number of carbonyl (C=O) groups is 14. The Morgan fingerprint density at radius 2 is 0.948 bits per heavy atom. The van der Waals surface area contributed by atoms with Crippen LogP contribution in [0.2, 0.25) is 0 Å². The first-order chi connectivity index (χ1) is 54.9. The fourth-order valence-corrected chi connectivity index (χ4v) is 14.1. The lowest BCUT2D eigenvalue weighted by Gasteiger charge is -2.31. The van der Waals surface area contributed by atoms with Gasteiger partial charge < -0.3 is 110 Å². The third-order valence-electron chi connectivity index (χ3n) is 20.3. The first kappa shape index (κ1) is 88.8. The van der Waals surface area contributed by atoms with Gasteiger partial charge in [0, 0.05) is 84.9 Å². The molecule has 2 saturated heterocycles. The van der Waals surface area contributed by atoms with Crippen LogP contribution in [0, 0.1) is 11.8 Å². The number of aromatic nitrogens is 4. The van der Waals surface area contributed by atoms with E-state index in [0.29, 0.717) is 36.1 Å². The fourth-order valence-electron chi connectivity index (χ4n) is 14.1. The second-order valence-electron chi connectivity index (χ2n) is 30.2. The molecule has 5 heterocycles. The fraction of sp³-hybridized carbons (Fsp3) is 0.506. The smallest absolute Gasteiger partial charge is 0.326 e. The molecular weight excluding hydrogens is 1490 g/mol. The van der Waals surface area contributed by atoms with E-state index < -0.39 is 187 Å². The van der Waals surface area contributed by atoms with Crippen LogP contribution in [-0.4, -0.2) is 238 Å². The van der Waals surface area contributed by atoms with Gasteiger partial charge >= 0.3 is 5.97 Å². The van der Waals surface area contributed by atoms with Crippen LogP contribution in [0.15, 0.2) is 97.7 Å². The van der Waals surface area contributed by atoms with Crippen molar-refractivity contribution in [1.82, 2.24) is 82.9 Å². The average molecular weight is 1600 g/mol. The van der Waals surface area contributed by atoms with E-state index in [1.165, 1.54) is 43.7 Å². The summed E-state index contributed by atoms with van der Waals surface area (Å²) in [6.07, 6.45) is 6.96. The predicted octanol–water partition coefficient (Wildman–Crippen LogP) is -0.857. The number of benzene rings is 3. The number of carboxylic acids is 1. The van der Waals surface area contributed by atoms with Crippen LogP contribution < -0.4 is 64.6 Å². The monoisotopic (exact) mass is 1600 g/mol. The number of aliphatic carboxylic acids is 1. The number of carbonyl (C=O) groups excluding carboxylic acids is 13. The number of imidazole rings is 1. The number of carboxylic acid groups (broad SMARTS) is 1. The van der Waals surface area contributed by atoms with E-state index in [-0.39, 0.29) is 94.9 Å². The quantitative estimate of drug-likeness (QED) is 0.0222. The Labute approximate surface area is 664 Å². The van der Waals surface area contributed by atoms with E-state index in [4.69, 9.17) is 11.5 Å². The number of para-hydroxylation sites is 2. The maximum absolute atomic E-state index is 15.0. The maximum atomic E-state index is 15.0. The molecule has 0 saturated carbocycles. The second-order valence-corrected chi connectivity index (χ2v) is 30.2. The van der Waals surface area contributed by atoms with Crippen LogP contribution in [0.5, 0.6) is 5.75 Å². The minimum atomic E-state index is -1.72. The number of nitrogens with zero attached hydrogens (tertiary/aromatic N) is 3. The number of rotatable bonds is 43. The number of nitrogens with one attached hydrogen (secondary N) is 13. The van der Waals surface area contributed by atoms with E-state index >= 15 is 0 Å². The highest BCUT2D eigenvalue weighted by molar-refractivity contribution is 6.01. The molecule has 8 rings (SSSR count). The van der Waals surface area contributed by atoms with Crippen LogP contribution in [0.1, 0.15) is 135 Å². The van der Waals surface area contributed by atoms with Gasteiger partial charge in [0.15, 0.2) is 0 Å². The highest BCUT2D eigenvalue weighted by Crippen LogP contribution is 2.25. The molecule has 36 nitrogen and oxygen atoms in total. The molecule has 115 heavy (non-hydrogen) atoms. The zero-order valence-electron chi connectivity index (χ0n) is 65.3. The van der Waals surface area contributed by atoms with E-state index in [9.17, 15) is 87.5 Å². The SMILES string of the molecule is CCCC[C@H](NC(=O)[C@@H]1CCCN1C(=O)[C@H](CO)NC(=O)[C@H](C)NC(=O)[C@@H]1CCCN1C(=O)[C@H](CO)NC(=O)[C@H](CC(C)C)NC(=O)[C@H](CCC(N)=O)NC(=O)[C@H](CC(C)C)NC(=O)[C@H](Cc1c[nH]c2ccccc12)NC(=O)[C@H](Cc1cnc[nH]1)NC(=O)[C@@H](N)Cc1c[nH]c2ccccc12)C(=O)N[C@@H](Cc1ccc(O)cc1)C(=O)O. The van der Waals surface area contributed by atoms with Crippen LogP contribution >= 0.6 is 0 Å². The topological polar surface area (TPSA) is 559 Å². The molecule has 0 spiro atoms. The third-order valence-corrected chi connectivity index (χ3v) is 20.3. The van der Waals surface area contributed by atoms with Gasteiger partial charge in [-0.25, -0.2) is 9.78 Å². The van der Waals surface area contributed by atoms with Gasteiger partial charge in [-0.1, -0.05) is 96.0 Å². The van der Waals surface area contributed by atoms with Crippen LogP contribution in [0.4, 0.5) is 0 Å². The van der Waals surface area contributed by atoms with E-state index in [1.54, 1.807) is 46.2 Å². The number of likely N-dealkylation sites (tertiary alicyclic amines) is 2. The number of phenols is 1. The van der Waals surface area contributed by atoms with E-state index in [0.717, 1.165) is 37.2 Å². The molecule has 3 aromatic heterocycles. The summed E-state index contributed by atoms with van der Waals surface area (Å²) in [6, 6.07) is 2.26. The van der Waals surface area contributed by atoms with Gasteiger partial charge in [0.05, 0.1) is 25.6 Å². The number of aromatic hydroxyl groups is 1. The Morgan fingerprint density at radius 1 is 0.504 bits per heavy atom. The normalized spacial score (nSPS) is 17.0. The number of primary amides is 1. The number of aromatic amines is 3.